The molecule has 0 radical (unpaired) electrons. The molecule has 27 heavy (non-hydrogen) atoms. The summed E-state index contributed by atoms with van der Waals surface area (Å²) in [5, 5.41) is 7.46. The molecule has 3 aromatic rings. The molecule has 2 aromatic heterocycles. The molecule has 0 bridgehead atoms. The van der Waals surface area contributed by atoms with Crippen LogP contribution in [0.25, 0.3) is 16.6 Å². The maximum atomic E-state index is 13.5. The lowest BCUT2D eigenvalue weighted by Gasteiger charge is -2.11. The Bertz CT molecular complexity index is 952. The van der Waals surface area contributed by atoms with Crippen molar-refractivity contribution in [3.63, 3.8) is 0 Å². The number of anilines is 1. The van der Waals surface area contributed by atoms with Crippen molar-refractivity contribution in [3.05, 3.63) is 54.1 Å². The molecule has 142 valence electrons. The minimum Gasteiger partial charge on any atom is -0.383 e. The second kappa shape index (κ2) is 8.16. The molecule has 3 rings (SSSR count). The Hall–Kier alpha value is -2.96. The number of nitrogens with zero attached hydrogens (tertiary/aromatic N) is 2. The molecular formula is C20H22F2N4O. The van der Waals surface area contributed by atoms with Gasteiger partial charge in [0, 0.05) is 18.3 Å². The number of rotatable bonds is 8. The summed E-state index contributed by atoms with van der Waals surface area (Å²) >= 11 is 0. The number of halogens is 2. The van der Waals surface area contributed by atoms with Crippen LogP contribution >= 0.6 is 0 Å². The van der Waals surface area contributed by atoms with Crippen LogP contribution in [0.2, 0.25) is 0 Å². The van der Waals surface area contributed by atoms with E-state index < -0.39 is 12.1 Å². The first-order valence-electron chi connectivity index (χ1n) is 8.91. The molecule has 0 saturated carbocycles. The minimum atomic E-state index is -0.821. The minimum absolute atomic E-state index is 0.283. The Kier molecular flexibility index (Phi) is 5.69. The Labute approximate surface area is 156 Å². The van der Waals surface area contributed by atoms with Gasteiger partial charge in [0.25, 0.3) is 5.91 Å². The molecule has 1 atom stereocenters. The summed E-state index contributed by atoms with van der Waals surface area (Å²) in [5.74, 6) is -0.910. The Balaban J connectivity index is 1.91. The Morgan fingerprint density at radius 1 is 1.30 bits per heavy atom. The number of primary amides is 1. The van der Waals surface area contributed by atoms with E-state index in [0.717, 1.165) is 18.4 Å². The van der Waals surface area contributed by atoms with Crippen molar-refractivity contribution >= 4 is 17.1 Å². The highest BCUT2D eigenvalue weighted by Gasteiger charge is 2.15. The van der Waals surface area contributed by atoms with E-state index in [4.69, 9.17) is 5.73 Å². The van der Waals surface area contributed by atoms with E-state index in [0.29, 0.717) is 29.7 Å². The molecule has 7 heteroatoms. The average molecular weight is 372 g/mol. The second-order valence-electron chi connectivity index (χ2n) is 6.57. The Morgan fingerprint density at radius 2 is 2.11 bits per heavy atom. The predicted molar refractivity (Wildman–Crippen MR) is 102 cm³/mol. The van der Waals surface area contributed by atoms with Gasteiger partial charge in [0.1, 0.15) is 5.82 Å². The number of benzene rings is 1. The van der Waals surface area contributed by atoms with Crippen LogP contribution in [-0.2, 0) is 0 Å². The Morgan fingerprint density at radius 3 is 2.81 bits per heavy atom. The quantitative estimate of drug-likeness (QED) is 0.583. The number of aromatic nitrogens is 2. The predicted octanol–water partition coefficient (Wildman–Crippen LogP) is 4.18. The zero-order valence-corrected chi connectivity index (χ0v) is 15.1. The van der Waals surface area contributed by atoms with E-state index in [-0.39, 0.29) is 11.4 Å². The van der Waals surface area contributed by atoms with Crippen LogP contribution in [0.4, 0.5) is 14.5 Å². The number of hydrogen-bond acceptors (Lipinski definition) is 3. The summed E-state index contributed by atoms with van der Waals surface area (Å²) < 4.78 is 28.1. The second-order valence-corrected chi connectivity index (χ2v) is 6.57. The molecule has 0 aliphatic carbocycles. The highest BCUT2D eigenvalue weighted by Crippen LogP contribution is 2.28. The van der Waals surface area contributed by atoms with Gasteiger partial charge in [0.15, 0.2) is 0 Å². The average Bonchev–Trinajstić information content (AvgIpc) is 3.05. The summed E-state index contributed by atoms with van der Waals surface area (Å²) in [4.78, 5) is 11.8. The fourth-order valence-corrected chi connectivity index (χ4v) is 3.02. The topological polar surface area (TPSA) is 72.4 Å². The number of unbranched alkanes of at least 4 members (excludes halogenated alkanes) is 1. The number of fused-ring (bicyclic) bond motifs is 1. The van der Waals surface area contributed by atoms with Gasteiger partial charge in [-0.2, -0.15) is 5.10 Å². The lowest BCUT2D eigenvalue weighted by molar-refractivity contribution is 0.100. The molecule has 3 N–H and O–H groups in total. The van der Waals surface area contributed by atoms with Crippen LogP contribution in [0, 0.1) is 5.82 Å². The van der Waals surface area contributed by atoms with E-state index in [1.165, 1.54) is 18.3 Å². The van der Waals surface area contributed by atoms with Crippen molar-refractivity contribution < 1.29 is 13.6 Å². The molecule has 0 fully saturated rings. The number of carbonyl (C=O) groups excluding carboxylic acids is 1. The highest BCUT2D eigenvalue weighted by atomic mass is 19.1. The van der Waals surface area contributed by atoms with Gasteiger partial charge in [0.2, 0.25) is 0 Å². The van der Waals surface area contributed by atoms with E-state index in [9.17, 15) is 13.6 Å². The molecule has 0 aliphatic heterocycles. The third-order valence-electron chi connectivity index (χ3n) is 4.39. The summed E-state index contributed by atoms with van der Waals surface area (Å²) in [6, 6.07) is 8.10. The summed E-state index contributed by atoms with van der Waals surface area (Å²) in [6.45, 7) is 2.12. The van der Waals surface area contributed by atoms with Gasteiger partial charge in [-0.3, -0.25) is 4.79 Å². The van der Waals surface area contributed by atoms with Gasteiger partial charge in [-0.05, 0) is 49.9 Å². The summed E-state index contributed by atoms with van der Waals surface area (Å²) in [7, 11) is 0. The standard InChI is InChI=1S/C20H22F2N4O/c1-13(21)5-2-3-8-24-19-17(20(23)27)11-25-26-12-15(10-18(19)26)14-6-4-7-16(22)9-14/h4,6-7,9-13,24H,2-3,5,8H2,1H3,(H2,23,27). The van der Waals surface area contributed by atoms with Crippen LogP contribution in [0.15, 0.2) is 42.7 Å². The van der Waals surface area contributed by atoms with Crippen LogP contribution < -0.4 is 11.1 Å². The van der Waals surface area contributed by atoms with Crippen molar-refractivity contribution in [1.29, 1.82) is 0 Å². The SMILES string of the molecule is CC(F)CCCCNc1c(C(N)=O)cnn2cc(-c3cccc(F)c3)cc12. The van der Waals surface area contributed by atoms with Crippen LogP contribution in [0.1, 0.15) is 36.5 Å². The fraction of sp³-hybridized carbons (Fsp3) is 0.300. The number of amides is 1. The van der Waals surface area contributed by atoms with Gasteiger partial charge in [0.05, 0.1) is 29.1 Å². The van der Waals surface area contributed by atoms with E-state index in [1.807, 2.05) is 6.07 Å². The zero-order valence-electron chi connectivity index (χ0n) is 15.1. The number of hydrogen-bond donors (Lipinski definition) is 2. The zero-order chi connectivity index (χ0) is 19.4. The molecule has 0 spiro atoms. The largest absolute Gasteiger partial charge is 0.383 e. The number of carbonyl (C=O) groups is 1. The molecule has 5 nitrogen and oxygen atoms in total. The summed E-state index contributed by atoms with van der Waals surface area (Å²) in [6.07, 6.45) is 4.37. The van der Waals surface area contributed by atoms with Crippen molar-refractivity contribution in [2.24, 2.45) is 5.73 Å². The van der Waals surface area contributed by atoms with Crippen molar-refractivity contribution in [1.82, 2.24) is 9.61 Å². The molecule has 0 saturated heterocycles. The van der Waals surface area contributed by atoms with Gasteiger partial charge < -0.3 is 11.1 Å². The van der Waals surface area contributed by atoms with Crippen molar-refractivity contribution in [2.75, 3.05) is 11.9 Å². The monoisotopic (exact) mass is 372 g/mol. The van der Waals surface area contributed by atoms with E-state index in [2.05, 4.69) is 10.4 Å². The van der Waals surface area contributed by atoms with E-state index in [1.54, 1.807) is 29.8 Å². The van der Waals surface area contributed by atoms with Crippen molar-refractivity contribution in [3.8, 4) is 11.1 Å². The first kappa shape index (κ1) is 18.8. The molecule has 0 aliphatic rings. The van der Waals surface area contributed by atoms with Gasteiger partial charge in [-0.1, -0.05) is 12.1 Å². The third-order valence-corrected chi connectivity index (χ3v) is 4.39. The lowest BCUT2D eigenvalue weighted by atomic mass is 10.1. The van der Waals surface area contributed by atoms with Crippen LogP contribution in [0.5, 0.6) is 0 Å². The smallest absolute Gasteiger partial charge is 0.252 e. The number of nitrogens with one attached hydrogen (secondary N) is 1. The maximum absolute atomic E-state index is 13.5. The van der Waals surface area contributed by atoms with Gasteiger partial charge in [-0.15, -0.1) is 0 Å². The summed E-state index contributed by atoms with van der Waals surface area (Å²) in [5.41, 5.74) is 8.50. The molecule has 2 heterocycles. The maximum Gasteiger partial charge on any atom is 0.252 e. The van der Waals surface area contributed by atoms with Crippen molar-refractivity contribution in [2.45, 2.75) is 32.4 Å². The molecule has 1 amide bonds. The van der Waals surface area contributed by atoms with Crippen LogP contribution in [0.3, 0.4) is 0 Å². The lowest BCUT2D eigenvalue weighted by Crippen LogP contribution is -2.17. The molecule has 1 unspecified atom stereocenters. The third kappa shape index (κ3) is 4.42. The first-order chi connectivity index (χ1) is 13.0. The van der Waals surface area contributed by atoms with Gasteiger partial charge >= 0.3 is 0 Å². The normalized spacial score (nSPS) is 12.3. The molecule has 1 aromatic carbocycles. The number of nitrogens with two attached hydrogens (primary N) is 1. The van der Waals surface area contributed by atoms with E-state index >= 15 is 0 Å². The van der Waals surface area contributed by atoms with Gasteiger partial charge in [-0.25, -0.2) is 13.3 Å². The first-order valence-corrected chi connectivity index (χ1v) is 8.91. The highest BCUT2D eigenvalue weighted by molar-refractivity contribution is 6.02. The number of alkyl halides is 1. The molecular weight excluding hydrogens is 350 g/mol. The van der Waals surface area contributed by atoms with Crippen LogP contribution in [-0.4, -0.2) is 28.2 Å². The fourth-order valence-electron chi connectivity index (χ4n) is 3.02.